The fourth-order valence-electron chi connectivity index (χ4n) is 1.40. The highest BCUT2D eigenvalue weighted by Gasteiger charge is 2.02. The normalized spacial score (nSPS) is 12.6. The Kier molecular flexibility index (Phi) is 3.32. The van der Waals surface area contributed by atoms with Gasteiger partial charge in [0.2, 0.25) is 0 Å². The average molecular weight is 178 g/mol. The molecule has 0 aliphatic heterocycles. The third-order valence-electron chi connectivity index (χ3n) is 2.00. The quantitative estimate of drug-likeness (QED) is 0.764. The Labute approximate surface area is 80.4 Å². The van der Waals surface area contributed by atoms with Gasteiger partial charge in [-0.2, -0.15) is 0 Å². The summed E-state index contributed by atoms with van der Waals surface area (Å²) in [5.41, 5.74) is 8.25. The van der Waals surface area contributed by atoms with E-state index in [1.54, 1.807) is 0 Å². The predicted octanol–water partition coefficient (Wildman–Crippen LogP) is 1.78. The first-order valence-electron chi connectivity index (χ1n) is 4.63. The first-order chi connectivity index (χ1) is 6.09. The Morgan fingerprint density at radius 3 is 2.69 bits per heavy atom. The summed E-state index contributed by atoms with van der Waals surface area (Å²) < 4.78 is 0. The molecule has 0 amide bonds. The van der Waals surface area contributed by atoms with Gasteiger partial charge in [-0.25, -0.2) is 0 Å². The molecular formula is C11H18N2. The van der Waals surface area contributed by atoms with Crippen LogP contribution in [0.5, 0.6) is 0 Å². The van der Waals surface area contributed by atoms with Crippen LogP contribution in [0.25, 0.3) is 0 Å². The van der Waals surface area contributed by atoms with E-state index in [-0.39, 0.29) is 6.04 Å². The van der Waals surface area contributed by atoms with Gasteiger partial charge < -0.3 is 10.6 Å². The number of hydrogen-bond acceptors (Lipinski definition) is 2. The Morgan fingerprint density at radius 1 is 1.46 bits per heavy atom. The maximum absolute atomic E-state index is 5.73. The monoisotopic (exact) mass is 178 g/mol. The van der Waals surface area contributed by atoms with Gasteiger partial charge in [-0.3, -0.25) is 0 Å². The molecule has 0 aliphatic carbocycles. The summed E-state index contributed by atoms with van der Waals surface area (Å²) in [6, 6.07) is 8.66. The van der Waals surface area contributed by atoms with Gasteiger partial charge in [0.05, 0.1) is 0 Å². The lowest BCUT2D eigenvalue weighted by Gasteiger charge is -2.21. The van der Waals surface area contributed by atoms with Gasteiger partial charge in [-0.1, -0.05) is 12.1 Å². The largest absolute Gasteiger partial charge is 0.373 e. The highest BCUT2D eigenvalue weighted by molar-refractivity contribution is 5.47. The lowest BCUT2D eigenvalue weighted by molar-refractivity contribution is 0.717. The Morgan fingerprint density at radius 2 is 2.15 bits per heavy atom. The molecule has 0 spiro atoms. The molecule has 2 heteroatoms. The van der Waals surface area contributed by atoms with Crippen LogP contribution in [-0.4, -0.2) is 19.6 Å². The van der Waals surface area contributed by atoms with E-state index in [1.165, 1.54) is 11.3 Å². The fourth-order valence-corrected chi connectivity index (χ4v) is 1.40. The van der Waals surface area contributed by atoms with Crippen LogP contribution in [0, 0.1) is 6.92 Å². The minimum Gasteiger partial charge on any atom is -0.373 e. The van der Waals surface area contributed by atoms with Gasteiger partial charge in [0.25, 0.3) is 0 Å². The van der Waals surface area contributed by atoms with Crippen molar-refractivity contribution in [3.63, 3.8) is 0 Å². The van der Waals surface area contributed by atoms with Crippen LogP contribution in [0.15, 0.2) is 24.3 Å². The average Bonchev–Trinajstić information content (AvgIpc) is 2.03. The smallest absolute Gasteiger partial charge is 0.0366 e. The summed E-state index contributed by atoms with van der Waals surface area (Å²) in [5, 5.41) is 0. The van der Waals surface area contributed by atoms with Crippen molar-refractivity contribution in [2.24, 2.45) is 5.73 Å². The first kappa shape index (κ1) is 10.1. The molecule has 0 aliphatic rings. The van der Waals surface area contributed by atoms with Gasteiger partial charge in [0, 0.05) is 25.3 Å². The molecule has 0 unspecified atom stereocenters. The third-order valence-corrected chi connectivity index (χ3v) is 2.00. The molecule has 0 saturated heterocycles. The zero-order valence-electron chi connectivity index (χ0n) is 8.62. The lowest BCUT2D eigenvalue weighted by Crippen LogP contribution is -2.32. The van der Waals surface area contributed by atoms with E-state index in [9.17, 15) is 0 Å². The van der Waals surface area contributed by atoms with Crippen molar-refractivity contribution in [3.05, 3.63) is 29.8 Å². The maximum atomic E-state index is 5.73. The second-order valence-electron chi connectivity index (χ2n) is 3.70. The van der Waals surface area contributed by atoms with E-state index in [2.05, 4.69) is 43.1 Å². The molecule has 13 heavy (non-hydrogen) atoms. The molecule has 0 bridgehead atoms. The van der Waals surface area contributed by atoms with Crippen molar-refractivity contribution in [2.45, 2.75) is 19.9 Å². The lowest BCUT2D eigenvalue weighted by atomic mass is 10.2. The second kappa shape index (κ2) is 4.28. The van der Waals surface area contributed by atoms with E-state index in [0.717, 1.165) is 6.54 Å². The summed E-state index contributed by atoms with van der Waals surface area (Å²) in [6.07, 6.45) is 0. The molecule has 2 nitrogen and oxygen atoms in total. The number of nitrogens with two attached hydrogens (primary N) is 1. The number of likely N-dealkylation sites (N-methyl/N-ethyl adjacent to an activating group) is 1. The van der Waals surface area contributed by atoms with Crippen molar-refractivity contribution in [2.75, 3.05) is 18.5 Å². The summed E-state index contributed by atoms with van der Waals surface area (Å²) in [4.78, 5) is 2.18. The molecule has 0 radical (unpaired) electrons. The van der Waals surface area contributed by atoms with E-state index < -0.39 is 0 Å². The summed E-state index contributed by atoms with van der Waals surface area (Å²) in [5.74, 6) is 0. The summed E-state index contributed by atoms with van der Waals surface area (Å²) in [6.45, 7) is 5.01. The van der Waals surface area contributed by atoms with Gasteiger partial charge in [0.1, 0.15) is 0 Å². The molecule has 1 rings (SSSR count). The Hall–Kier alpha value is -1.02. The molecule has 1 atom stereocenters. The van der Waals surface area contributed by atoms with E-state index >= 15 is 0 Å². The van der Waals surface area contributed by atoms with E-state index in [0.29, 0.717) is 0 Å². The second-order valence-corrected chi connectivity index (χ2v) is 3.70. The molecule has 1 aromatic carbocycles. The van der Waals surface area contributed by atoms with Gasteiger partial charge in [0.15, 0.2) is 0 Å². The van der Waals surface area contributed by atoms with Crippen molar-refractivity contribution >= 4 is 5.69 Å². The zero-order valence-corrected chi connectivity index (χ0v) is 8.62. The van der Waals surface area contributed by atoms with Crippen LogP contribution in [0.2, 0.25) is 0 Å². The predicted molar refractivity (Wildman–Crippen MR) is 58.1 cm³/mol. The van der Waals surface area contributed by atoms with Crippen LogP contribution in [0.3, 0.4) is 0 Å². The highest BCUT2D eigenvalue weighted by Crippen LogP contribution is 2.13. The van der Waals surface area contributed by atoms with Crippen molar-refractivity contribution in [3.8, 4) is 0 Å². The Balaban J connectivity index is 2.71. The maximum Gasteiger partial charge on any atom is 0.0366 e. The van der Waals surface area contributed by atoms with Crippen molar-refractivity contribution in [1.82, 2.24) is 0 Å². The molecular weight excluding hydrogens is 160 g/mol. The number of aryl methyl sites for hydroxylation is 1. The molecule has 72 valence electrons. The topological polar surface area (TPSA) is 29.3 Å². The van der Waals surface area contributed by atoms with Crippen LogP contribution in [0.1, 0.15) is 12.5 Å². The fraction of sp³-hybridized carbons (Fsp3) is 0.455. The molecule has 0 heterocycles. The molecule has 0 fully saturated rings. The van der Waals surface area contributed by atoms with Crippen LogP contribution < -0.4 is 10.6 Å². The number of nitrogens with zero attached hydrogens (tertiary/aromatic N) is 1. The molecule has 0 saturated carbocycles. The summed E-state index contributed by atoms with van der Waals surface area (Å²) >= 11 is 0. The number of anilines is 1. The number of benzene rings is 1. The minimum atomic E-state index is 0.213. The molecule has 2 N–H and O–H groups in total. The minimum absolute atomic E-state index is 0.213. The standard InChI is InChI=1S/C11H18N2/c1-9-5-4-6-11(7-9)13(3)8-10(2)12/h4-7,10H,8,12H2,1-3H3/t10-/m0/s1. The van der Waals surface area contributed by atoms with Gasteiger partial charge >= 0.3 is 0 Å². The van der Waals surface area contributed by atoms with Crippen LogP contribution in [-0.2, 0) is 0 Å². The van der Waals surface area contributed by atoms with Crippen LogP contribution >= 0.6 is 0 Å². The van der Waals surface area contributed by atoms with E-state index in [1.807, 2.05) is 6.92 Å². The van der Waals surface area contributed by atoms with Gasteiger partial charge in [-0.15, -0.1) is 0 Å². The third kappa shape index (κ3) is 3.07. The van der Waals surface area contributed by atoms with Gasteiger partial charge in [-0.05, 0) is 31.5 Å². The molecule has 0 aromatic heterocycles. The van der Waals surface area contributed by atoms with E-state index in [4.69, 9.17) is 5.73 Å². The zero-order chi connectivity index (χ0) is 9.84. The highest BCUT2D eigenvalue weighted by atomic mass is 15.1. The first-order valence-corrected chi connectivity index (χ1v) is 4.63. The van der Waals surface area contributed by atoms with Crippen molar-refractivity contribution in [1.29, 1.82) is 0 Å². The number of hydrogen-bond donors (Lipinski definition) is 1. The SMILES string of the molecule is Cc1cccc(N(C)C[C@H](C)N)c1. The van der Waals surface area contributed by atoms with Crippen molar-refractivity contribution < 1.29 is 0 Å². The molecule has 1 aromatic rings. The number of rotatable bonds is 3. The Bertz CT molecular complexity index is 269. The summed E-state index contributed by atoms with van der Waals surface area (Å²) in [7, 11) is 2.07. The van der Waals surface area contributed by atoms with Crippen LogP contribution in [0.4, 0.5) is 5.69 Å².